The monoisotopic (exact) mass is 357 g/mol. The van der Waals surface area contributed by atoms with Crippen molar-refractivity contribution in [3.63, 3.8) is 0 Å². The van der Waals surface area contributed by atoms with Crippen LogP contribution in [0, 0.1) is 0 Å². The summed E-state index contributed by atoms with van der Waals surface area (Å²) < 4.78 is 4.45. The highest BCUT2D eigenvalue weighted by Crippen LogP contribution is 2.40. The first-order valence-electron chi connectivity index (χ1n) is 8.56. The Morgan fingerprint density at radius 3 is 2.73 bits per heavy atom. The fraction of sp³-hybridized carbons (Fsp3) is 0.333. The molecule has 136 valence electrons. The van der Waals surface area contributed by atoms with Crippen LogP contribution in [0.4, 0.5) is 16.2 Å². The van der Waals surface area contributed by atoms with Crippen LogP contribution in [0.15, 0.2) is 23.0 Å². The van der Waals surface area contributed by atoms with Gasteiger partial charge in [-0.1, -0.05) is 0 Å². The third-order valence-corrected chi connectivity index (χ3v) is 4.87. The Labute approximate surface area is 149 Å². The van der Waals surface area contributed by atoms with Gasteiger partial charge in [-0.15, -0.1) is 0 Å². The highest BCUT2D eigenvalue weighted by molar-refractivity contribution is 5.83. The van der Waals surface area contributed by atoms with Gasteiger partial charge in [-0.2, -0.15) is 0 Å². The maximum Gasteiger partial charge on any atom is 0.511 e. The summed E-state index contributed by atoms with van der Waals surface area (Å²) in [5.41, 5.74) is 2.92. The van der Waals surface area contributed by atoms with Crippen molar-refractivity contribution in [2.75, 3.05) is 29.9 Å². The largest absolute Gasteiger partial charge is 0.511 e. The molecule has 2 aliphatic heterocycles. The number of anilines is 2. The molecule has 1 saturated heterocycles. The van der Waals surface area contributed by atoms with Gasteiger partial charge in [0.2, 0.25) is 5.75 Å². The van der Waals surface area contributed by atoms with Gasteiger partial charge in [-0.05, 0) is 37.5 Å². The summed E-state index contributed by atoms with van der Waals surface area (Å²) in [6.45, 7) is 2.60. The molecule has 0 saturated carbocycles. The minimum atomic E-state index is -1.65. The van der Waals surface area contributed by atoms with Crippen LogP contribution in [0.25, 0.3) is 11.3 Å². The quantitative estimate of drug-likeness (QED) is 0.610. The van der Waals surface area contributed by atoms with Crippen LogP contribution in [0.1, 0.15) is 18.4 Å². The van der Waals surface area contributed by atoms with Crippen molar-refractivity contribution >= 4 is 17.5 Å². The molecule has 0 unspecified atom stereocenters. The average Bonchev–Trinajstić information content (AvgIpc) is 3.08. The van der Waals surface area contributed by atoms with Crippen LogP contribution < -0.4 is 20.5 Å². The van der Waals surface area contributed by atoms with Crippen molar-refractivity contribution < 1.29 is 19.7 Å². The van der Waals surface area contributed by atoms with Crippen LogP contribution in [0.2, 0.25) is 0 Å². The van der Waals surface area contributed by atoms with Gasteiger partial charge in [0.05, 0.1) is 5.69 Å². The number of aromatic nitrogens is 1. The van der Waals surface area contributed by atoms with Crippen LogP contribution in [-0.2, 0) is 6.42 Å². The van der Waals surface area contributed by atoms with E-state index in [9.17, 15) is 14.7 Å². The number of fused-ring (bicyclic) bond motifs is 3. The molecule has 1 aromatic carbocycles. The summed E-state index contributed by atoms with van der Waals surface area (Å²) in [7, 11) is 0. The van der Waals surface area contributed by atoms with E-state index in [-0.39, 0.29) is 0 Å². The second kappa shape index (κ2) is 6.29. The zero-order chi connectivity index (χ0) is 18.3. The molecule has 4 rings (SSSR count). The highest BCUT2D eigenvalue weighted by atomic mass is 16.7. The van der Waals surface area contributed by atoms with Crippen molar-refractivity contribution in [3.05, 3.63) is 34.1 Å². The topological polar surface area (TPSA) is 115 Å². The molecule has 2 aliphatic rings. The first-order valence-corrected chi connectivity index (χ1v) is 8.56. The van der Waals surface area contributed by atoms with Gasteiger partial charge in [-0.3, -0.25) is 4.79 Å². The van der Waals surface area contributed by atoms with Gasteiger partial charge < -0.3 is 30.2 Å². The number of pyridine rings is 1. The van der Waals surface area contributed by atoms with Crippen molar-refractivity contribution in [2.24, 2.45) is 0 Å². The Hall–Kier alpha value is -3.16. The van der Waals surface area contributed by atoms with Gasteiger partial charge in [0.25, 0.3) is 5.56 Å². The molecule has 0 amide bonds. The zero-order valence-electron chi connectivity index (χ0n) is 14.0. The minimum Gasteiger partial charge on any atom is -0.504 e. The number of carbonyl (C=O) groups is 1. The molecule has 1 fully saturated rings. The van der Waals surface area contributed by atoms with Crippen molar-refractivity contribution in [2.45, 2.75) is 19.3 Å². The molecule has 0 bridgehead atoms. The minimum absolute atomic E-state index is 0.418. The lowest BCUT2D eigenvalue weighted by atomic mass is 10.0. The Kier molecular flexibility index (Phi) is 3.95. The first kappa shape index (κ1) is 16.3. The molecule has 0 radical (unpaired) electrons. The summed E-state index contributed by atoms with van der Waals surface area (Å²) in [6, 6.07) is 5.96. The van der Waals surface area contributed by atoms with E-state index in [0.29, 0.717) is 24.2 Å². The SMILES string of the molecule is O=C(O)Oc1c(O)c2c([nH]c1=O)-c1ccc(N3CCCC3)cc1NCC2. The fourth-order valence-corrected chi connectivity index (χ4v) is 3.65. The van der Waals surface area contributed by atoms with E-state index < -0.39 is 23.2 Å². The Morgan fingerprint density at radius 2 is 2.00 bits per heavy atom. The number of hydrogen-bond acceptors (Lipinski definition) is 6. The van der Waals surface area contributed by atoms with E-state index in [4.69, 9.17) is 5.11 Å². The van der Waals surface area contributed by atoms with Crippen molar-refractivity contribution in [3.8, 4) is 22.8 Å². The summed E-state index contributed by atoms with van der Waals surface area (Å²) in [4.78, 5) is 28.0. The molecule has 26 heavy (non-hydrogen) atoms. The third-order valence-electron chi connectivity index (χ3n) is 4.87. The van der Waals surface area contributed by atoms with E-state index in [1.54, 1.807) is 0 Å². The molecule has 1 aromatic heterocycles. The maximum absolute atomic E-state index is 12.2. The second-order valence-corrected chi connectivity index (χ2v) is 6.45. The van der Waals surface area contributed by atoms with E-state index in [0.717, 1.165) is 30.0 Å². The molecular weight excluding hydrogens is 338 g/mol. The number of nitrogens with one attached hydrogen (secondary N) is 2. The van der Waals surface area contributed by atoms with Crippen LogP contribution in [0.3, 0.4) is 0 Å². The Morgan fingerprint density at radius 1 is 1.23 bits per heavy atom. The molecule has 0 aliphatic carbocycles. The number of aromatic amines is 1. The van der Waals surface area contributed by atoms with E-state index in [2.05, 4.69) is 19.9 Å². The zero-order valence-corrected chi connectivity index (χ0v) is 14.0. The lowest BCUT2D eigenvalue weighted by molar-refractivity contribution is 0.142. The molecule has 0 atom stereocenters. The summed E-state index contributed by atoms with van der Waals surface area (Å²) in [5.74, 6) is -1.02. The predicted molar refractivity (Wildman–Crippen MR) is 96.5 cm³/mol. The number of nitrogens with zero attached hydrogens (tertiary/aromatic N) is 1. The van der Waals surface area contributed by atoms with Gasteiger partial charge in [0, 0.05) is 42.1 Å². The number of hydrogen-bond donors (Lipinski definition) is 4. The molecule has 8 nitrogen and oxygen atoms in total. The van der Waals surface area contributed by atoms with Crippen molar-refractivity contribution in [1.29, 1.82) is 0 Å². The highest BCUT2D eigenvalue weighted by Gasteiger charge is 2.25. The van der Waals surface area contributed by atoms with E-state index in [1.165, 1.54) is 12.8 Å². The van der Waals surface area contributed by atoms with Gasteiger partial charge in [0.15, 0.2) is 5.75 Å². The first-order chi connectivity index (χ1) is 12.5. The molecule has 8 heteroatoms. The summed E-state index contributed by atoms with van der Waals surface area (Å²) in [5, 5.41) is 22.5. The lowest BCUT2D eigenvalue weighted by Gasteiger charge is -2.20. The van der Waals surface area contributed by atoms with Crippen molar-refractivity contribution in [1.82, 2.24) is 4.98 Å². The van der Waals surface area contributed by atoms with E-state index >= 15 is 0 Å². The summed E-state index contributed by atoms with van der Waals surface area (Å²) in [6.07, 6.45) is 1.14. The van der Waals surface area contributed by atoms with Crippen LogP contribution in [-0.4, -0.2) is 41.0 Å². The Balaban J connectivity index is 1.82. The maximum atomic E-state index is 12.2. The van der Waals surface area contributed by atoms with Crippen LogP contribution in [0.5, 0.6) is 11.5 Å². The van der Waals surface area contributed by atoms with Gasteiger partial charge in [0.1, 0.15) is 0 Å². The molecule has 4 N–H and O–H groups in total. The number of ether oxygens (including phenoxy) is 1. The van der Waals surface area contributed by atoms with Gasteiger partial charge >= 0.3 is 6.16 Å². The third kappa shape index (κ3) is 2.73. The number of aromatic hydroxyl groups is 1. The lowest BCUT2D eigenvalue weighted by Crippen LogP contribution is -2.18. The standard InChI is InChI=1S/C18H19N3O5/c22-15-12-5-6-19-13-9-10(21-7-1-2-8-21)3-4-11(13)14(12)20-17(23)16(15)26-18(24)25/h3-4,9,19H,1-2,5-8H2,(H,24,25)(H2,20,22,23). The van der Waals surface area contributed by atoms with Crippen LogP contribution >= 0.6 is 0 Å². The molecular formula is C18H19N3O5. The number of carboxylic acid groups (broad SMARTS) is 1. The predicted octanol–water partition coefficient (Wildman–Crippen LogP) is 2.37. The smallest absolute Gasteiger partial charge is 0.504 e. The summed E-state index contributed by atoms with van der Waals surface area (Å²) >= 11 is 0. The molecule has 3 heterocycles. The number of benzene rings is 1. The molecule has 2 aromatic rings. The fourth-order valence-electron chi connectivity index (χ4n) is 3.65. The van der Waals surface area contributed by atoms with Gasteiger partial charge in [-0.25, -0.2) is 4.79 Å². The average molecular weight is 357 g/mol. The van der Waals surface area contributed by atoms with E-state index in [1.807, 2.05) is 18.2 Å². The Bertz CT molecular complexity index is 931. The second-order valence-electron chi connectivity index (χ2n) is 6.45. The normalized spacial score (nSPS) is 15.6. The number of H-pyrrole nitrogens is 1. The molecule has 0 spiro atoms. The number of rotatable bonds is 2.